The first-order valence-electron chi connectivity index (χ1n) is 8.65. The molecular formula is C20H28O4. The highest BCUT2D eigenvalue weighted by atomic mass is 16.4. The van der Waals surface area contributed by atoms with Crippen molar-refractivity contribution in [3.8, 4) is 5.75 Å². The second-order valence-corrected chi connectivity index (χ2v) is 7.31. The fourth-order valence-corrected chi connectivity index (χ4v) is 3.82. The molecule has 0 saturated heterocycles. The van der Waals surface area contributed by atoms with E-state index in [0.717, 1.165) is 36.0 Å². The largest absolute Gasteiger partial charge is 0.508 e. The number of aromatic carboxylic acids is 1. The van der Waals surface area contributed by atoms with Crippen molar-refractivity contribution in [3.05, 3.63) is 41.0 Å². The number of carboxylic acids is 1. The van der Waals surface area contributed by atoms with E-state index >= 15 is 0 Å². The number of aromatic hydroxyl groups is 1. The van der Waals surface area contributed by atoms with Crippen LogP contribution >= 0.6 is 0 Å². The van der Waals surface area contributed by atoms with E-state index in [2.05, 4.69) is 20.4 Å². The molecule has 4 nitrogen and oxygen atoms in total. The maximum atomic E-state index is 11.3. The van der Waals surface area contributed by atoms with Gasteiger partial charge < -0.3 is 15.3 Å². The normalized spacial score (nSPS) is 22.5. The van der Waals surface area contributed by atoms with Gasteiger partial charge in [0.15, 0.2) is 0 Å². The van der Waals surface area contributed by atoms with Crippen LogP contribution in [0.1, 0.15) is 79.8 Å². The Morgan fingerprint density at radius 3 is 2.58 bits per heavy atom. The summed E-state index contributed by atoms with van der Waals surface area (Å²) in [6, 6.07) is 3.08. The van der Waals surface area contributed by atoms with Gasteiger partial charge in [0, 0.05) is 5.56 Å². The number of phenols is 1. The second kappa shape index (κ2) is 7.39. The lowest BCUT2D eigenvalue weighted by Crippen LogP contribution is -2.21. The summed E-state index contributed by atoms with van der Waals surface area (Å²) in [5, 5.41) is 29.6. The molecule has 24 heavy (non-hydrogen) atoms. The fraction of sp³-hybridized carbons (Fsp3) is 0.550. The Morgan fingerprint density at radius 2 is 2.00 bits per heavy atom. The number of hydrogen-bond acceptors (Lipinski definition) is 3. The lowest BCUT2D eigenvalue weighted by atomic mass is 9.70. The highest BCUT2D eigenvalue weighted by Crippen LogP contribution is 2.47. The highest BCUT2D eigenvalue weighted by Gasteiger charge is 2.31. The van der Waals surface area contributed by atoms with Crippen LogP contribution in [0.25, 0.3) is 0 Å². The van der Waals surface area contributed by atoms with E-state index in [0.29, 0.717) is 12.3 Å². The SMILES string of the molecule is C=C(C)[C@@H](O)CC[C@H](C)[C@@H]1CC[C@@H](C)c2c(O)cc(C(=O)O)cc21. The zero-order chi connectivity index (χ0) is 18.0. The predicted octanol–water partition coefficient (Wildman–Crippen LogP) is 4.42. The summed E-state index contributed by atoms with van der Waals surface area (Å²) in [6.07, 6.45) is 2.95. The van der Waals surface area contributed by atoms with Gasteiger partial charge in [0.1, 0.15) is 5.75 Å². The minimum Gasteiger partial charge on any atom is -0.508 e. The maximum Gasteiger partial charge on any atom is 0.335 e. The Morgan fingerprint density at radius 1 is 1.33 bits per heavy atom. The summed E-state index contributed by atoms with van der Waals surface area (Å²) >= 11 is 0. The van der Waals surface area contributed by atoms with Crippen LogP contribution < -0.4 is 0 Å². The van der Waals surface area contributed by atoms with Gasteiger partial charge in [0.05, 0.1) is 11.7 Å². The lowest BCUT2D eigenvalue weighted by Gasteiger charge is -2.34. The van der Waals surface area contributed by atoms with Crippen molar-refractivity contribution in [1.82, 2.24) is 0 Å². The van der Waals surface area contributed by atoms with E-state index in [1.807, 2.05) is 6.92 Å². The topological polar surface area (TPSA) is 77.8 Å². The average molecular weight is 332 g/mol. The van der Waals surface area contributed by atoms with Crippen LogP contribution in [-0.2, 0) is 0 Å². The van der Waals surface area contributed by atoms with E-state index in [9.17, 15) is 20.1 Å². The Kier molecular flexibility index (Phi) is 5.70. The van der Waals surface area contributed by atoms with Gasteiger partial charge in [-0.15, -0.1) is 0 Å². The fourth-order valence-electron chi connectivity index (χ4n) is 3.82. The lowest BCUT2D eigenvalue weighted by molar-refractivity contribution is 0.0696. The van der Waals surface area contributed by atoms with Crippen molar-refractivity contribution < 1.29 is 20.1 Å². The minimum absolute atomic E-state index is 0.0938. The molecule has 1 aromatic carbocycles. The zero-order valence-corrected chi connectivity index (χ0v) is 14.7. The number of phenolic OH excluding ortho intramolecular Hbond substituents is 1. The summed E-state index contributed by atoms with van der Waals surface area (Å²) in [6.45, 7) is 9.82. The molecule has 3 N–H and O–H groups in total. The number of carbonyl (C=O) groups is 1. The number of rotatable bonds is 6. The number of carboxylic acid groups (broad SMARTS) is 1. The number of aliphatic hydroxyl groups excluding tert-OH is 1. The minimum atomic E-state index is -1.02. The van der Waals surface area contributed by atoms with Gasteiger partial charge in [-0.3, -0.25) is 0 Å². The zero-order valence-electron chi connectivity index (χ0n) is 14.7. The number of aliphatic hydroxyl groups is 1. The van der Waals surface area contributed by atoms with Gasteiger partial charge in [-0.05, 0) is 68.1 Å². The molecule has 0 unspecified atom stereocenters. The van der Waals surface area contributed by atoms with E-state index in [1.54, 1.807) is 6.07 Å². The van der Waals surface area contributed by atoms with Crippen LogP contribution in [0.4, 0.5) is 0 Å². The molecule has 1 aromatic rings. The Labute approximate surface area is 143 Å². The smallest absolute Gasteiger partial charge is 0.335 e. The molecule has 0 radical (unpaired) electrons. The van der Waals surface area contributed by atoms with Crippen molar-refractivity contribution >= 4 is 5.97 Å². The highest BCUT2D eigenvalue weighted by molar-refractivity contribution is 5.88. The Balaban J connectivity index is 2.29. The molecule has 0 heterocycles. The standard InChI is InChI=1S/C20H28O4/c1-11(2)17(21)8-6-12(3)15-7-5-13(4)19-16(15)9-14(20(23)24)10-18(19)22/h9-10,12-13,15,17,21-22H,1,5-8H2,2-4H3,(H,23,24)/t12-,13+,15-,17-/m0/s1. The summed E-state index contributed by atoms with van der Waals surface area (Å²) in [5.74, 6) is -0.188. The molecule has 0 saturated carbocycles. The molecule has 4 heteroatoms. The van der Waals surface area contributed by atoms with Crippen LogP contribution in [-0.4, -0.2) is 27.4 Å². The second-order valence-electron chi connectivity index (χ2n) is 7.31. The molecule has 0 spiro atoms. The summed E-state index contributed by atoms with van der Waals surface area (Å²) < 4.78 is 0. The van der Waals surface area contributed by atoms with Gasteiger partial charge in [0.2, 0.25) is 0 Å². The molecule has 4 atom stereocenters. The third kappa shape index (κ3) is 3.81. The van der Waals surface area contributed by atoms with E-state index < -0.39 is 12.1 Å². The van der Waals surface area contributed by atoms with Gasteiger partial charge >= 0.3 is 5.97 Å². The first-order valence-corrected chi connectivity index (χ1v) is 8.65. The summed E-state index contributed by atoms with van der Waals surface area (Å²) in [7, 11) is 0. The molecule has 0 aliphatic heterocycles. The van der Waals surface area contributed by atoms with E-state index in [-0.39, 0.29) is 23.1 Å². The number of fused-ring (bicyclic) bond motifs is 1. The third-order valence-electron chi connectivity index (χ3n) is 5.39. The summed E-state index contributed by atoms with van der Waals surface area (Å²) in [5.41, 5.74) is 2.76. The Bertz CT molecular complexity index is 635. The monoisotopic (exact) mass is 332 g/mol. The van der Waals surface area contributed by atoms with Gasteiger partial charge in [-0.25, -0.2) is 4.79 Å². The summed E-state index contributed by atoms with van der Waals surface area (Å²) in [4.78, 5) is 11.3. The van der Waals surface area contributed by atoms with Crippen molar-refractivity contribution in [2.45, 2.75) is 64.4 Å². The van der Waals surface area contributed by atoms with Crippen molar-refractivity contribution in [2.75, 3.05) is 0 Å². The van der Waals surface area contributed by atoms with Crippen LogP contribution in [0.15, 0.2) is 24.3 Å². The van der Waals surface area contributed by atoms with Crippen molar-refractivity contribution in [1.29, 1.82) is 0 Å². The van der Waals surface area contributed by atoms with E-state index in [4.69, 9.17) is 0 Å². The first kappa shape index (κ1) is 18.5. The van der Waals surface area contributed by atoms with Gasteiger partial charge in [-0.1, -0.05) is 26.0 Å². The van der Waals surface area contributed by atoms with Crippen LogP contribution in [0.5, 0.6) is 5.75 Å². The molecule has 2 rings (SSSR count). The molecule has 0 bridgehead atoms. The van der Waals surface area contributed by atoms with Crippen LogP contribution in [0.3, 0.4) is 0 Å². The first-order chi connectivity index (χ1) is 11.2. The molecule has 0 aromatic heterocycles. The van der Waals surface area contributed by atoms with Gasteiger partial charge in [-0.2, -0.15) is 0 Å². The van der Waals surface area contributed by atoms with Crippen molar-refractivity contribution in [3.63, 3.8) is 0 Å². The quantitative estimate of drug-likeness (QED) is 0.674. The average Bonchev–Trinajstić information content (AvgIpc) is 2.51. The third-order valence-corrected chi connectivity index (χ3v) is 5.39. The molecule has 1 aliphatic carbocycles. The molecule has 0 amide bonds. The molecule has 132 valence electrons. The molecule has 0 fully saturated rings. The molecular weight excluding hydrogens is 304 g/mol. The van der Waals surface area contributed by atoms with E-state index in [1.165, 1.54) is 6.07 Å². The van der Waals surface area contributed by atoms with Crippen LogP contribution in [0, 0.1) is 5.92 Å². The molecule has 1 aliphatic rings. The number of hydrogen-bond donors (Lipinski definition) is 3. The Hall–Kier alpha value is -1.81. The van der Waals surface area contributed by atoms with Gasteiger partial charge in [0.25, 0.3) is 0 Å². The maximum absolute atomic E-state index is 11.3. The number of benzene rings is 1. The predicted molar refractivity (Wildman–Crippen MR) is 94.7 cm³/mol. The van der Waals surface area contributed by atoms with Crippen molar-refractivity contribution in [2.24, 2.45) is 5.92 Å². The van der Waals surface area contributed by atoms with Crippen LogP contribution in [0.2, 0.25) is 0 Å².